The van der Waals surface area contributed by atoms with Crippen molar-refractivity contribution in [1.82, 2.24) is 0 Å². The summed E-state index contributed by atoms with van der Waals surface area (Å²) in [5, 5.41) is 0. The van der Waals surface area contributed by atoms with Gasteiger partial charge in [0.1, 0.15) is 6.29 Å². The van der Waals surface area contributed by atoms with Gasteiger partial charge in [-0.3, -0.25) is 0 Å². The normalized spacial score (nSPS) is 3.57. The van der Waals surface area contributed by atoms with Gasteiger partial charge in [-0.2, -0.15) is 0 Å². The molecular weight excluding hydrogens is 158 g/mol. The van der Waals surface area contributed by atoms with E-state index in [1.807, 2.05) is 6.92 Å². The number of carbonyl (C=O) groups excluding carboxylic acids is 1. The molecule has 0 saturated carbocycles. The molecule has 0 fully saturated rings. The predicted octanol–water partition coefficient (Wildman–Crippen LogP) is 1.86. The second-order valence-electron chi connectivity index (χ2n) is 0.575. The van der Waals surface area contributed by atoms with Gasteiger partial charge in [0.15, 0.2) is 0 Å². The maximum atomic E-state index is 9.17. The first-order valence-corrected chi connectivity index (χ1v) is 1.35. The van der Waals surface area contributed by atoms with Crippen LogP contribution in [0.4, 0.5) is 0 Å². The Labute approximate surface area is 62.1 Å². The van der Waals surface area contributed by atoms with E-state index in [4.69, 9.17) is 0 Å². The van der Waals surface area contributed by atoms with Crippen LogP contribution in [0.3, 0.4) is 0 Å². The highest BCUT2D eigenvalue weighted by Gasteiger charge is 1.52. The molecule has 48 valence electrons. The standard InChI is InChI=1S/C3H6O.3ClH/c1-2-3-4;;;/h3H,2H2,1H3;3*1H. The van der Waals surface area contributed by atoms with E-state index >= 15 is 0 Å². The van der Waals surface area contributed by atoms with Crippen LogP contribution in [0.15, 0.2) is 0 Å². The van der Waals surface area contributed by atoms with Crippen molar-refractivity contribution < 1.29 is 4.79 Å². The summed E-state index contributed by atoms with van der Waals surface area (Å²) in [7, 11) is 0. The molecular formula is C3H9Cl3O. The lowest BCUT2D eigenvalue weighted by molar-refractivity contribution is -0.107. The van der Waals surface area contributed by atoms with E-state index in [1.165, 1.54) is 0 Å². The lowest BCUT2D eigenvalue weighted by Gasteiger charge is -1.51. The largest absolute Gasteiger partial charge is 0.303 e. The minimum absolute atomic E-state index is 0. The molecule has 7 heavy (non-hydrogen) atoms. The van der Waals surface area contributed by atoms with Crippen molar-refractivity contribution in [2.45, 2.75) is 13.3 Å². The molecule has 0 unspecified atom stereocenters. The Hall–Kier alpha value is 0.540. The molecule has 0 aliphatic rings. The quantitative estimate of drug-likeness (QED) is 0.545. The minimum Gasteiger partial charge on any atom is -0.303 e. The average Bonchev–Trinajstić information content (AvgIpc) is 1.37. The molecule has 0 aromatic rings. The van der Waals surface area contributed by atoms with Crippen molar-refractivity contribution in [2.24, 2.45) is 0 Å². The first-order chi connectivity index (χ1) is 1.91. The van der Waals surface area contributed by atoms with Crippen LogP contribution in [-0.4, -0.2) is 6.29 Å². The summed E-state index contributed by atoms with van der Waals surface area (Å²) in [4.78, 5) is 9.17. The lowest BCUT2D eigenvalue weighted by Crippen LogP contribution is -1.55. The molecule has 0 heterocycles. The molecule has 0 aromatic heterocycles. The molecule has 0 aromatic carbocycles. The molecule has 0 radical (unpaired) electrons. The zero-order valence-corrected chi connectivity index (χ0v) is 6.37. The van der Waals surface area contributed by atoms with Gasteiger partial charge in [0, 0.05) is 6.42 Å². The fourth-order valence-electron chi connectivity index (χ4n) is 0. The predicted molar refractivity (Wildman–Crippen MR) is 38.1 cm³/mol. The topological polar surface area (TPSA) is 17.1 Å². The highest BCUT2D eigenvalue weighted by molar-refractivity contribution is 5.86. The van der Waals surface area contributed by atoms with E-state index in [0.29, 0.717) is 6.42 Å². The van der Waals surface area contributed by atoms with Gasteiger partial charge in [0.05, 0.1) is 0 Å². The molecule has 0 atom stereocenters. The highest BCUT2D eigenvalue weighted by atomic mass is 35.5. The summed E-state index contributed by atoms with van der Waals surface area (Å²) in [6, 6.07) is 0. The molecule has 0 rings (SSSR count). The van der Waals surface area contributed by atoms with Crippen LogP contribution in [0.5, 0.6) is 0 Å². The van der Waals surface area contributed by atoms with Crippen molar-refractivity contribution in [1.29, 1.82) is 0 Å². The molecule has 0 N–H and O–H groups in total. The SMILES string of the molecule is CCC=O.Cl.Cl.Cl. The van der Waals surface area contributed by atoms with Gasteiger partial charge in [-0.05, 0) is 0 Å². The summed E-state index contributed by atoms with van der Waals surface area (Å²) >= 11 is 0. The molecule has 0 aliphatic carbocycles. The molecule has 0 spiro atoms. The molecule has 0 aliphatic heterocycles. The van der Waals surface area contributed by atoms with Gasteiger partial charge in [-0.1, -0.05) is 6.92 Å². The van der Waals surface area contributed by atoms with E-state index in [0.717, 1.165) is 6.29 Å². The van der Waals surface area contributed by atoms with Crippen LogP contribution in [0.2, 0.25) is 0 Å². The second-order valence-corrected chi connectivity index (χ2v) is 0.575. The maximum Gasteiger partial charge on any atom is 0.119 e. The fraction of sp³-hybridized carbons (Fsp3) is 0.667. The van der Waals surface area contributed by atoms with Crippen LogP contribution >= 0.6 is 37.2 Å². The Morgan fingerprint density at radius 3 is 1.43 bits per heavy atom. The van der Waals surface area contributed by atoms with Crippen LogP contribution in [0.25, 0.3) is 0 Å². The van der Waals surface area contributed by atoms with Crippen molar-refractivity contribution >= 4 is 43.5 Å². The van der Waals surface area contributed by atoms with Crippen LogP contribution in [-0.2, 0) is 4.79 Å². The zero-order chi connectivity index (χ0) is 3.41. The number of aldehydes is 1. The highest BCUT2D eigenvalue weighted by Crippen LogP contribution is 1.53. The minimum atomic E-state index is 0. The molecule has 4 heteroatoms. The molecule has 0 bridgehead atoms. The average molecular weight is 167 g/mol. The van der Waals surface area contributed by atoms with Crippen LogP contribution in [0.1, 0.15) is 13.3 Å². The van der Waals surface area contributed by atoms with Crippen molar-refractivity contribution in [3.8, 4) is 0 Å². The molecule has 0 saturated heterocycles. The van der Waals surface area contributed by atoms with Gasteiger partial charge in [0.25, 0.3) is 0 Å². The van der Waals surface area contributed by atoms with E-state index in [9.17, 15) is 4.79 Å². The van der Waals surface area contributed by atoms with Gasteiger partial charge < -0.3 is 4.79 Å². The third-order valence-electron chi connectivity index (χ3n) is 0.167. The summed E-state index contributed by atoms with van der Waals surface area (Å²) in [5.74, 6) is 0. The van der Waals surface area contributed by atoms with Gasteiger partial charge in [-0.15, -0.1) is 37.2 Å². The Morgan fingerprint density at radius 1 is 1.29 bits per heavy atom. The van der Waals surface area contributed by atoms with E-state index in [1.54, 1.807) is 0 Å². The summed E-state index contributed by atoms with van der Waals surface area (Å²) in [5.41, 5.74) is 0. The van der Waals surface area contributed by atoms with Crippen molar-refractivity contribution in [3.63, 3.8) is 0 Å². The monoisotopic (exact) mass is 166 g/mol. The number of rotatable bonds is 1. The molecule has 1 nitrogen and oxygen atoms in total. The summed E-state index contributed by atoms with van der Waals surface area (Å²) < 4.78 is 0. The Kier molecular flexibility index (Phi) is 114. The smallest absolute Gasteiger partial charge is 0.119 e. The summed E-state index contributed by atoms with van der Waals surface area (Å²) in [6.45, 7) is 1.81. The third kappa shape index (κ3) is 56.8. The Morgan fingerprint density at radius 2 is 1.43 bits per heavy atom. The zero-order valence-electron chi connectivity index (χ0n) is 3.92. The molecule has 0 amide bonds. The van der Waals surface area contributed by atoms with Gasteiger partial charge >= 0.3 is 0 Å². The van der Waals surface area contributed by atoms with Gasteiger partial charge in [-0.25, -0.2) is 0 Å². The first kappa shape index (κ1) is 25.7. The van der Waals surface area contributed by atoms with Crippen molar-refractivity contribution in [3.05, 3.63) is 0 Å². The van der Waals surface area contributed by atoms with E-state index < -0.39 is 0 Å². The number of hydrogen-bond acceptors (Lipinski definition) is 1. The van der Waals surface area contributed by atoms with E-state index in [-0.39, 0.29) is 37.2 Å². The lowest BCUT2D eigenvalue weighted by atomic mass is 10.6. The maximum absolute atomic E-state index is 9.17. The summed E-state index contributed by atoms with van der Waals surface area (Å²) in [6.07, 6.45) is 1.51. The van der Waals surface area contributed by atoms with Gasteiger partial charge in [0.2, 0.25) is 0 Å². The van der Waals surface area contributed by atoms with E-state index in [2.05, 4.69) is 0 Å². The fourth-order valence-corrected chi connectivity index (χ4v) is 0. The Bertz CT molecular complexity index is 24.1. The van der Waals surface area contributed by atoms with Crippen LogP contribution in [0, 0.1) is 0 Å². The number of carbonyl (C=O) groups is 1. The Balaban J connectivity index is -0.0000000150. The van der Waals surface area contributed by atoms with Crippen LogP contribution < -0.4 is 0 Å². The first-order valence-electron chi connectivity index (χ1n) is 1.35. The van der Waals surface area contributed by atoms with Crippen molar-refractivity contribution in [2.75, 3.05) is 0 Å². The third-order valence-corrected chi connectivity index (χ3v) is 0.167. The number of halogens is 3. The second kappa shape index (κ2) is 31.1. The number of hydrogen-bond donors (Lipinski definition) is 0.